The van der Waals surface area contributed by atoms with E-state index in [2.05, 4.69) is 31.5 Å². The second-order valence-electron chi connectivity index (χ2n) is 2.81. The van der Waals surface area contributed by atoms with E-state index >= 15 is 0 Å². The number of likely N-dealkylation sites (N-methyl/N-ethyl adjacent to an activating group) is 1. The number of pyridine rings is 1. The number of aromatic nitrogens is 1. The Morgan fingerprint density at radius 2 is 2.33 bits per heavy atom. The van der Waals surface area contributed by atoms with Gasteiger partial charge < -0.3 is 10.6 Å². The molecule has 1 aromatic heterocycles. The van der Waals surface area contributed by atoms with E-state index in [0.29, 0.717) is 16.8 Å². The molecule has 0 amide bonds. The summed E-state index contributed by atoms with van der Waals surface area (Å²) in [5.41, 5.74) is -0.0268. The second kappa shape index (κ2) is 5.62. The molecule has 0 aliphatic heterocycles. The first-order valence-corrected chi connectivity index (χ1v) is 5.13. The fraction of sp³-hybridized carbons (Fsp3) is 0.375. The van der Waals surface area contributed by atoms with Gasteiger partial charge in [0.05, 0.1) is 9.40 Å². The van der Waals surface area contributed by atoms with Crippen LogP contribution in [-0.2, 0) is 0 Å². The van der Waals surface area contributed by atoms with Crippen molar-refractivity contribution in [3.63, 3.8) is 0 Å². The van der Waals surface area contributed by atoms with Gasteiger partial charge in [0.1, 0.15) is 12.0 Å². The van der Waals surface area contributed by atoms with Crippen molar-refractivity contribution in [3.8, 4) is 0 Å². The van der Waals surface area contributed by atoms with Crippen LogP contribution in [-0.4, -0.2) is 30.0 Å². The second-order valence-corrected chi connectivity index (χ2v) is 3.67. The standard InChI is InChI=1S/C8H11BrN4O2/c1-10-2-3-11-8-7(9)4-6(5-12-8)13(14)15/h4-5,10H,2-3H2,1H3,(H,11,12). The van der Waals surface area contributed by atoms with E-state index in [-0.39, 0.29) is 5.69 Å². The van der Waals surface area contributed by atoms with E-state index in [1.54, 1.807) is 0 Å². The average molecular weight is 275 g/mol. The number of halogens is 1. The minimum absolute atomic E-state index is 0.0268. The van der Waals surface area contributed by atoms with Gasteiger partial charge in [-0.05, 0) is 23.0 Å². The predicted octanol–water partition coefficient (Wildman–Crippen LogP) is 1.38. The Bertz CT molecular complexity index is 358. The number of hydrogen-bond acceptors (Lipinski definition) is 5. The maximum absolute atomic E-state index is 10.4. The molecule has 6 nitrogen and oxygen atoms in total. The summed E-state index contributed by atoms with van der Waals surface area (Å²) in [4.78, 5) is 13.9. The molecule has 0 atom stereocenters. The molecule has 1 heterocycles. The van der Waals surface area contributed by atoms with E-state index in [1.807, 2.05) is 7.05 Å². The first kappa shape index (κ1) is 11.9. The Labute approximate surface area is 95.4 Å². The lowest BCUT2D eigenvalue weighted by Gasteiger charge is -2.06. The van der Waals surface area contributed by atoms with E-state index in [9.17, 15) is 10.1 Å². The lowest BCUT2D eigenvalue weighted by atomic mass is 10.4. The summed E-state index contributed by atoms with van der Waals surface area (Å²) in [5, 5.41) is 16.4. The van der Waals surface area contributed by atoms with Gasteiger partial charge in [0.2, 0.25) is 0 Å². The van der Waals surface area contributed by atoms with Crippen LogP contribution in [0.2, 0.25) is 0 Å². The van der Waals surface area contributed by atoms with Gasteiger partial charge in [0.25, 0.3) is 5.69 Å². The van der Waals surface area contributed by atoms with Crippen molar-refractivity contribution in [1.29, 1.82) is 0 Å². The van der Waals surface area contributed by atoms with Crippen molar-refractivity contribution in [2.75, 3.05) is 25.5 Å². The lowest BCUT2D eigenvalue weighted by molar-refractivity contribution is -0.385. The van der Waals surface area contributed by atoms with E-state index in [0.717, 1.165) is 6.54 Å². The first-order valence-electron chi connectivity index (χ1n) is 4.33. The molecule has 0 aliphatic carbocycles. The summed E-state index contributed by atoms with van der Waals surface area (Å²) < 4.78 is 0.591. The first-order chi connectivity index (χ1) is 7.15. The highest BCUT2D eigenvalue weighted by atomic mass is 79.9. The van der Waals surface area contributed by atoms with Crippen LogP contribution in [0.15, 0.2) is 16.7 Å². The monoisotopic (exact) mass is 274 g/mol. The number of nitrogens with one attached hydrogen (secondary N) is 2. The van der Waals surface area contributed by atoms with Crippen LogP contribution in [0, 0.1) is 10.1 Å². The number of rotatable bonds is 5. The molecule has 1 aromatic rings. The molecule has 0 unspecified atom stereocenters. The molecule has 2 N–H and O–H groups in total. The molecule has 0 aromatic carbocycles. The van der Waals surface area contributed by atoms with Gasteiger partial charge in [-0.2, -0.15) is 0 Å². The van der Waals surface area contributed by atoms with Crippen molar-refractivity contribution in [3.05, 3.63) is 26.9 Å². The average Bonchev–Trinajstić information content (AvgIpc) is 2.20. The van der Waals surface area contributed by atoms with Crippen LogP contribution >= 0.6 is 15.9 Å². The summed E-state index contributed by atoms with van der Waals surface area (Å²) in [6.45, 7) is 1.50. The Kier molecular flexibility index (Phi) is 4.44. The van der Waals surface area contributed by atoms with Gasteiger partial charge in [-0.15, -0.1) is 0 Å². The zero-order valence-electron chi connectivity index (χ0n) is 8.16. The van der Waals surface area contributed by atoms with Crippen molar-refractivity contribution >= 4 is 27.4 Å². The van der Waals surface area contributed by atoms with Crippen molar-refractivity contribution in [2.45, 2.75) is 0 Å². The van der Waals surface area contributed by atoms with E-state index in [4.69, 9.17) is 0 Å². The summed E-state index contributed by atoms with van der Waals surface area (Å²) in [5.74, 6) is 0.607. The van der Waals surface area contributed by atoms with Crippen molar-refractivity contribution in [1.82, 2.24) is 10.3 Å². The number of hydrogen-bond donors (Lipinski definition) is 2. The molecular weight excluding hydrogens is 264 g/mol. The summed E-state index contributed by atoms with van der Waals surface area (Å²) >= 11 is 3.22. The van der Waals surface area contributed by atoms with Crippen LogP contribution in [0.25, 0.3) is 0 Å². The van der Waals surface area contributed by atoms with Gasteiger partial charge >= 0.3 is 0 Å². The van der Waals surface area contributed by atoms with Crippen LogP contribution in [0.3, 0.4) is 0 Å². The zero-order chi connectivity index (χ0) is 11.3. The summed E-state index contributed by atoms with van der Waals surface area (Å²) in [6.07, 6.45) is 1.23. The highest BCUT2D eigenvalue weighted by Crippen LogP contribution is 2.23. The van der Waals surface area contributed by atoms with E-state index in [1.165, 1.54) is 12.3 Å². The highest BCUT2D eigenvalue weighted by molar-refractivity contribution is 9.10. The fourth-order valence-corrected chi connectivity index (χ4v) is 1.44. The normalized spacial score (nSPS) is 10.0. The minimum Gasteiger partial charge on any atom is -0.368 e. The number of nitrogens with zero attached hydrogens (tertiary/aromatic N) is 2. The summed E-state index contributed by atoms with van der Waals surface area (Å²) in [6, 6.07) is 1.43. The molecule has 0 radical (unpaired) electrons. The van der Waals surface area contributed by atoms with Crippen LogP contribution in [0.5, 0.6) is 0 Å². The van der Waals surface area contributed by atoms with Crippen LogP contribution in [0.4, 0.5) is 11.5 Å². The maximum atomic E-state index is 10.4. The molecule has 0 aliphatic rings. The molecule has 0 spiro atoms. The van der Waals surface area contributed by atoms with Gasteiger partial charge in [-0.1, -0.05) is 0 Å². The summed E-state index contributed by atoms with van der Waals surface area (Å²) in [7, 11) is 1.85. The SMILES string of the molecule is CNCCNc1ncc([N+](=O)[O-])cc1Br. The maximum Gasteiger partial charge on any atom is 0.288 e. The topological polar surface area (TPSA) is 80.1 Å². The predicted molar refractivity (Wildman–Crippen MR) is 61.0 cm³/mol. The van der Waals surface area contributed by atoms with Crippen molar-refractivity contribution in [2.24, 2.45) is 0 Å². The number of anilines is 1. The van der Waals surface area contributed by atoms with Crippen molar-refractivity contribution < 1.29 is 4.92 Å². The van der Waals surface area contributed by atoms with E-state index < -0.39 is 4.92 Å². The fourth-order valence-electron chi connectivity index (χ4n) is 0.964. The lowest BCUT2D eigenvalue weighted by Crippen LogP contribution is -2.18. The Morgan fingerprint density at radius 1 is 1.60 bits per heavy atom. The molecule has 0 fully saturated rings. The van der Waals surface area contributed by atoms with Gasteiger partial charge in [-0.25, -0.2) is 4.98 Å². The Morgan fingerprint density at radius 3 is 2.87 bits per heavy atom. The molecule has 0 bridgehead atoms. The molecule has 0 saturated heterocycles. The van der Waals surface area contributed by atoms with Crippen LogP contribution < -0.4 is 10.6 Å². The Hall–Kier alpha value is -1.21. The minimum atomic E-state index is -0.477. The third kappa shape index (κ3) is 3.45. The highest BCUT2D eigenvalue weighted by Gasteiger charge is 2.09. The zero-order valence-corrected chi connectivity index (χ0v) is 9.74. The molecule has 1 rings (SSSR count). The largest absolute Gasteiger partial charge is 0.368 e. The molecule has 15 heavy (non-hydrogen) atoms. The van der Waals surface area contributed by atoms with Gasteiger partial charge in [-0.3, -0.25) is 10.1 Å². The molecule has 0 saturated carbocycles. The smallest absolute Gasteiger partial charge is 0.288 e. The molecule has 82 valence electrons. The molecular formula is C8H11BrN4O2. The third-order valence-electron chi connectivity index (χ3n) is 1.71. The Balaban J connectivity index is 2.70. The van der Waals surface area contributed by atoms with Gasteiger partial charge in [0, 0.05) is 19.2 Å². The number of nitro groups is 1. The third-order valence-corrected chi connectivity index (χ3v) is 2.31. The quantitative estimate of drug-likeness (QED) is 0.482. The van der Waals surface area contributed by atoms with Gasteiger partial charge in [0.15, 0.2) is 0 Å². The molecule has 7 heteroatoms. The van der Waals surface area contributed by atoms with Crippen LogP contribution in [0.1, 0.15) is 0 Å².